The molecule has 0 saturated carbocycles. The smallest absolute Gasteiger partial charge is 0.333 e. The number of carbonyl (C=O) groups is 5. The van der Waals surface area contributed by atoms with Gasteiger partial charge >= 0.3 is 29.8 Å². The maximum Gasteiger partial charge on any atom is 0.333 e. The highest BCUT2D eigenvalue weighted by atomic mass is 16.6. The van der Waals surface area contributed by atoms with Gasteiger partial charge in [-0.05, 0) is 6.92 Å². The average molecular weight is 446 g/mol. The van der Waals surface area contributed by atoms with E-state index in [1.807, 2.05) is 0 Å². The Balaban J connectivity index is 4.46. The first-order valence-corrected chi connectivity index (χ1v) is 9.60. The molecule has 11 nitrogen and oxygen atoms in total. The largest absolute Gasteiger partial charge is 0.481 e. The minimum atomic E-state index is -1.12. The third-order valence-corrected chi connectivity index (χ3v) is 3.71. The van der Waals surface area contributed by atoms with Gasteiger partial charge < -0.3 is 29.2 Å². The molecule has 0 aliphatic rings. The second kappa shape index (κ2) is 14.9. The van der Waals surface area contributed by atoms with Gasteiger partial charge in [0, 0.05) is 18.6 Å². The summed E-state index contributed by atoms with van der Waals surface area (Å²) in [5.41, 5.74) is -0.700. The predicted molar refractivity (Wildman–Crippen MR) is 105 cm³/mol. The minimum absolute atomic E-state index is 0.0373. The summed E-state index contributed by atoms with van der Waals surface area (Å²) < 4.78 is 20.6. The summed E-state index contributed by atoms with van der Waals surface area (Å²) in [6.45, 7) is 6.60. The molecule has 0 rings (SSSR count). The molecule has 2 N–H and O–H groups in total. The number of hydrogen-bond acceptors (Lipinski definition) is 9. The van der Waals surface area contributed by atoms with Crippen LogP contribution in [0.5, 0.6) is 0 Å². The van der Waals surface area contributed by atoms with Gasteiger partial charge in [0.1, 0.15) is 13.2 Å². The fourth-order valence-corrected chi connectivity index (χ4v) is 1.97. The number of esters is 3. The molecule has 0 aromatic rings. The molecule has 0 saturated heterocycles. The topological polar surface area (TPSA) is 163 Å². The fraction of sp³-hybridized carbons (Fsp3) is 0.650. The Morgan fingerprint density at radius 2 is 1.29 bits per heavy atom. The minimum Gasteiger partial charge on any atom is -0.481 e. The second-order valence-electron chi connectivity index (χ2n) is 7.24. The summed E-state index contributed by atoms with van der Waals surface area (Å²) in [6.07, 6.45) is -0.816. The first-order valence-electron chi connectivity index (χ1n) is 9.60. The lowest BCUT2D eigenvalue weighted by Crippen LogP contribution is -2.36. The quantitative estimate of drug-likeness (QED) is 0.143. The molecule has 11 heteroatoms. The summed E-state index contributed by atoms with van der Waals surface area (Å²) in [6, 6.07) is 0. The van der Waals surface area contributed by atoms with Crippen molar-refractivity contribution in [2.45, 2.75) is 46.0 Å². The molecule has 0 aliphatic heterocycles. The zero-order valence-corrected chi connectivity index (χ0v) is 17.8. The van der Waals surface area contributed by atoms with Crippen molar-refractivity contribution in [3.05, 3.63) is 12.2 Å². The van der Waals surface area contributed by atoms with Crippen LogP contribution in [-0.4, -0.2) is 73.1 Å². The van der Waals surface area contributed by atoms with E-state index in [1.165, 1.54) is 6.92 Å². The van der Waals surface area contributed by atoms with E-state index < -0.39 is 35.3 Å². The van der Waals surface area contributed by atoms with Crippen LogP contribution in [0.3, 0.4) is 0 Å². The zero-order valence-electron chi connectivity index (χ0n) is 17.8. The Labute approximate surface area is 180 Å². The number of carboxylic acids is 2. The molecule has 0 bridgehead atoms. The van der Waals surface area contributed by atoms with Crippen LogP contribution in [0.2, 0.25) is 0 Å². The lowest BCUT2D eigenvalue weighted by Gasteiger charge is -2.28. The first-order chi connectivity index (χ1) is 14.4. The molecular formula is C20H30O11. The SMILES string of the molecule is C=C(C)C(=O)OCC(C)(COCCCOC(=O)CCC(=O)O)COC(=O)CCC(=O)O. The number of hydrogen-bond donors (Lipinski definition) is 2. The van der Waals surface area contributed by atoms with E-state index in [1.54, 1.807) is 6.92 Å². The van der Waals surface area contributed by atoms with E-state index in [0.29, 0.717) is 6.42 Å². The molecule has 1 unspecified atom stereocenters. The third kappa shape index (κ3) is 15.5. The highest BCUT2D eigenvalue weighted by molar-refractivity contribution is 5.86. The van der Waals surface area contributed by atoms with Crippen molar-refractivity contribution in [1.82, 2.24) is 0 Å². The average Bonchev–Trinajstić information content (AvgIpc) is 2.69. The van der Waals surface area contributed by atoms with Gasteiger partial charge in [0.2, 0.25) is 0 Å². The van der Waals surface area contributed by atoms with Gasteiger partial charge in [-0.25, -0.2) is 4.79 Å². The highest BCUT2D eigenvalue weighted by Crippen LogP contribution is 2.20. The number of carbonyl (C=O) groups excluding carboxylic acids is 3. The van der Waals surface area contributed by atoms with Crippen LogP contribution in [0, 0.1) is 5.41 Å². The monoisotopic (exact) mass is 446 g/mol. The third-order valence-electron chi connectivity index (χ3n) is 3.71. The van der Waals surface area contributed by atoms with Crippen LogP contribution in [0.4, 0.5) is 0 Å². The molecule has 0 radical (unpaired) electrons. The molecule has 0 aromatic heterocycles. The summed E-state index contributed by atoms with van der Waals surface area (Å²) >= 11 is 0. The summed E-state index contributed by atoms with van der Waals surface area (Å²) in [5, 5.41) is 17.1. The molecule has 176 valence electrons. The summed E-state index contributed by atoms with van der Waals surface area (Å²) in [7, 11) is 0. The van der Waals surface area contributed by atoms with Crippen LogP contribution >= 0.6 is 0 Å². The normalized spacial score (nSPS) is 12.3. The standard InChI is InChI=1S/C20H30O11/c1-14(2)19(27)31-13-20(3,12-30-18(26)8-6-16(23)24)11-28-9-4-10-29-17(25)7-5-15(21)22/h1,4-13H2,2-3H3,(H,21,22)(H,23,24). The highest BCUT2D eigenvalue weighted by Gasteiger charge is 2.29. The van der Waals surface area contributed by atoms with Gasteiger partial charge in [0.05, 0.1) is 44.3 Å². The van der Waals surface area contributed by atoms with Gasteiger partial charge in [-0.15, -0.1) is 0 Å². The summed E-state index contributed by atoms with van der Waals surface area (Å²) in [4.78, 5) is 55.6. The summed E-state index contributed by atoms with van der Waals surface area (Å²) in [5.74, 6) is -4.14. The Hall–Kier alpha value is -2.95. The second-order valence-corrected chi connectivity index (χ2v) is 7.24. The maximum absolute atomic E-state index is 11.7. The molecule has 31 heavy (non-hydrogen) atoms. The Morgan fingerprint density at radius 1 is 0.774 bits per heavy atom. The first kappa shape index (κ1) is 28.1. The van der Waals surface area contributed by atoms with Crippen molar-refractivity contribution in [3.63, 3.8) is 0 Å². The Morgan fingerprint density at radius 3 is 1.81 bits per heavy atom. The lowest BCUT2D eigenvalue weighted by molar-refractivity contribution is -0.156. The van der Waals surface area contributed by atoms with E-state index in [9.17, 15) is 24.0 Å². The van der Waals surface area contributed by atoms with Crippen LogP contribution in [0.25, 0.3) is 0 Å². The predicted octanol–water partition coefficient (Wildman–Crippen LogP) is 1.33. The Bertz CT molecular complexity index is 656. The molecule has 0 aliphatic carbocycles. The Kier molecular flexibility index (Phi) is 13.5. The van der Waals surface area contributed by atoms with Crippen molar-refractivity contribution in [2.24, 2.45) is 5.41 Å². The molecule has 0 spiro atoms. The van der Waals surface area contributed by atoms with Crippen LogP contribution in [-0.2, 0) is 42.9 Å². The molecule has 0 fully saturated rings. The van der Waals surface area contributed by atoms with Gasteiger partial charge in [-0.2, -0.15) is 0 Å². The van der Waals surface area contributed by atoms with Gasteiger partial charge in [0.25, 0.3) is 0 Å². The van der Waals surface area contributed by atoms with Gasteiger partial charge in [-0.1, -0.05) is 13.5 Å². The zero-order chi connectivity index (χ0) is 23.9. The van der Waals surface area contributed by atoms with Crippen molar-refractivity contribution in [1.29, 1.82) is 0 Å². The van der Waals surface area contributed by atoms with Crippen molar-refractivity contribution >= 4 is 29.8 Å². The van der Waals surface area contributed by atoms with Crippen molar-refractivity contribution < 1.29 is 53.1 Å². The molecule has 1 atom stereocenters. The van der Waals surface area contributed by atoms with E-state index in [4.69, 9.17) is 29.2 Å². The van der Waals surface area contributed by atoms with Crippen molar-refractivity contribution in [3.8, 4) is 0 Å². The van der Waals surface area contributed by atoms with E-state index >= 15 is 0 Å². The molecular weight excluding hydrogens is 416 g/mol. The van der Waals surface area contributed by atoms with E-state index in [2.05, 4.69) is 6.58 Å². The number of ether oxygens (including phenoxy) is 4. The molecule has 0 amide bonds. The van der Waals surface area contributed by atoms with Crippen molar-refractivity contribution in [2.75, 3.05) is 33.0 Å². The number of aliphatic carboxylic acids is 2. The molecule has 0 aromatic carbocycles. The van der Waals surface area contributed by atoms with Crippen LogP contribution in [0.15, 0.2) is 12.2 Å². The van der Waals surface area contributed by atoms with Gasteiger partial charge in [0.15, 0.2) is 0 Å². The van der Waals surface area contributed by atoms with Crippen LogP contribution in [0.1, 0.15) is 46.0 Å². The van der Waals surface area contributed by atoms with E-state index in [0.717, 1.165) is 0 Å². The number of rotatable bonds is 17. The number of carboxylic acid groups (broad SMARTS) is 2. The van der Waals surface area contributed by atoms with Gasteiger partial charge in [-0.3, -0.25) is 19.2 Å². The fourth-order valence-electron chi connectivity index (χ4n) is 1.97. The molecule has 0 heterocycles. The van der Waals surface area contributed by atoms with E-state index in [-0.39, 0.29) is 64.3 Å². The maximum atomic E-state index is 11.7. The van der Waals surface area contributed by atoms with Crippen LogP contribution < -0.4 is 0 Å². The lowest BCUT2D eigenvalue weighted by atomic mass is 9.94.